The summed E-state index contributed by atoms with van der Waals surface area (Å²) in [4.78, 5) is 29.1. The van der Waals surface area contributed by atoms with E-state index in [4.69, 9.17) is 16.3 Å². The molecule has 1 aliphatic heterocycles. The molecule has 0 unspecified atom stereocenters. The summed E-state index contributed by atoms with van der Waals surface area (Å²) in [5, 5.41) is 5.07. The molecule has 4 rings (SSSR count). The van der Waals surface area contributed by atoms with Crippen molar-refractivity contribution in [2.24, 2.45) is 0 Å². The predicted octanol–water partition coefficient (Wildman–Crippen LogP) is 3.31. The third-order valence-electron chi connectivity index (χ3n) is 5.59. The number of amides is 1. The Labute approximate surface area is 191 Å². The van der Waals surface area contributed by atoms with E-state index < -0.39 is 0 Å². The van der Waals surface area contributed by atoms with Crippen LogP contribution in [0.2, 0.25) is 5.02 Å². The van der Waals surface area contributed by atoms with Crippen molar-refractivity contribution in [1.29, 1.82) is 0 Å². The van der Waals surface area contributed by atoms with Crippen LogP contribution in [0.3, 0.4) is 0 Å². The standard InChI is InChI=1S/C24H25ClN4O3/c1-32-21-4-2-3-20(17-21)27-13-15-28(16-14-27)23(30)11-12-29-24(31)10-9-22(26-29)18-5-7-19(25)8-6-18/h2-10,17H,11-16H2,1H3. The first-order valence-corrected chi connectivity index (χ1v) is 10.9. The minimum Gasteiger partial charge on any atom is -0.497 e. The summed E-state index contributed by atoms with van der Waals surface area (Å²) in [5.74, 6) is 0.848. The Bertz CT molecular complexity index is 1140. The lowest BCUT2D eigenvalue weighted by Crippen LogP contribution is -2.49. The fraction of sp³-hybridized carbons (Fsp3) is 0.292. The molecule has 0 bridgehead atoms. The number of carbonyl (C=O) groups is 1. The maximum Gasteiger partial charge on any atom is 0.266 e. The molecular weight excluding hydrogens is 428 g/mol. The van der Waals surface area contributed by atoms with Crippen LogP contribution in [-0.2, 0) is 11.3 Å². The van der Waals surface area contributed by atoms with Gasteiger partial charge < -0.3 is 14.5 Å². The molecule has 0 spiro atoms. The zero-order valence-electron chi connectivity index (χ0n) is 17.9. The first kappa shape index (κ1) is 21.9. The molecule has 7 nitrogen and oxygen atoms in total. The molecule has 166 valence electrons. The molecule has 0 atom stereocenters. The molecule has 1 amide bonds. The number of halogens is 1. The number of nitrogens with zero attached hydrogens (tertiary/aromatic N) is 4. The van der Waals surface area contributed by atoms with Gasteiger partial charge >= 0.3 is 0 Å². The Kier molecular flexibility index (Phi) is 6.75. The molecule has 1 aromatic heterocycles. The van der Waals surface area contributed by atoms with Crippen LogP contribution >= 0.6 is 11.6 Å². The predicted molar refractivity (Wildman–Crippen MR) is 125 cm³/mol. The summed E-state index contributed by atoms with van der Waals surface area (Å²) in [7, 11) is 1.65. The van der Waals surface area contributed by atoms with Crippen LogP contribution in [0, 0.1) is 0 Å². The molecule has 32 heavy (non-hydrogen) atoms. The van der Waals surface area contributed by atoms with E-state index in [1.54, 1.807) is 25.3 Å². The van der Waals surface area contributed by atoms with Crippen LogP contribution in [0.15, 0.2) is 65.5 Å². The second-order valence-electron chi connectivity index (χ2n) is 7.61. The molecule has 1 saturated heterocycles. The summed E-state index contributed by atoms with van der Waals surface area (Å²) in [5.41, 5.74) is 2.40. The van der Waals surface area contributed by atoms with Crippen molar-refractivity contribution in [3.8, 4) is 17.0 Å². The Morgan fingerprint density at radius 2 is 1.78 bits per heavy atom. The van der Waals surface area contributed by atoms with E-state index in [0.29, 0.717) is 23.8 Å². The summed E-state index contributed by atoms with van der Waals surface area (Å²) >= 11 is 5.95. The molecule has 0 saturated carbocycles. The van der Waals surface area contributed by atoms with E-state index in [2.05, 4.69) is 10.00 Å². The SMILES string of the molecule is COc1cccc(N2CCN(C(=O)CCn3nc(-c4ccc(Cl)cc4)ccc3=O)CC2)c1. The molecule has 2 aromatic carbocycles. The van der Waals surface area contributed by atoms with E-state index in [1.807, 2.05) is 41.3 Å². The topological polar surface area (TPSA) is 67.7 Å². The minimum atomic E-state index is -0.224. The summed E-state index contributed by atoms with van der Waals surface area (Å²) in [6, 6.07) is 18.4. The number of benzene rings is 2. The smallest absolute Gasteiger partial charge is 0.266 e. The van der Waals surface area contributed by atoms with Gasteiger partial charge in [-0.2, -0.15) is 5.10 Å². The maximum atomic E-state index is 12.7. The number of aryl methyl sites for hydroxylation is 1. The van der Waals surface area contributed by atoms with Crippen molar-refractivity contribution in [2.75, 3.05) is 38.2 Å². The second kappa shape index (κ2) is 9.87. The lowest BCUT2D eigenvalue weighted by atomic mass is 10.1. The van der Waals surface area contributed by atoms with Gasteiger partial charge in [-0.05, 0) is 30.3 Å². The van der Waals surface area contributed by atoms with Crippen LogP contribution in [0.5, 0.6) is 5.75 Å². The number of anilines is 1. The quantitative estimate of drug-likeness (QED) is 0.574. The fourth-order valence-electron chi connectivity index (χ4n) is 3.76. The molecular formula is C24H25ClN4O3. The molecule has 1 aliphatic rings. The zero-order chi connectivity index (χ0) is 22.5. The first-order chi connectivity index (χ1) is 15.5. The van der Waals surface area contributed by atoms with Crippen LogP contribution in [-0.4, -0.2) is 53.9 Å². The Morgan fingerprint density at radius 3 is 2.50 bits per heavy atom. The average Bonchev–Trinajstić information content (AvgIpc) is 2.84. The number of ether oxygens (including phenoxy) is 1. The van der Waals surface area contributed by atoms with E-state index >= 15 is 0 Å². The van der Waals surface area contributed by atoms with Gasteiger partial charge in [0.25, 0.3) is 5.56 Å². The first-order valence-electron chi connectivity index (χ1n) is 10.5. The van der Waals surface area contributed by atoms with Crippen LogP contribution in [0.25, 0.3) is 11.3 Å². The maximum absolute atomic E-state index is 12.7. The number of carbonyl (C=O) groups excluding carboxylic acids is 1. The molecule has 0 radical (unpaired) electrons. The number of piperazine rings is 1. The van der Waals surface area contributed by atoms with Gasteiger partial charge in [0.15, 0.2) is 0 Å². The van der Waals surface area contributed by atoms with Gasteiger partial charge in [-0.15, -0.1) is 0 Å². The number of hydrogen-bond acceptors (Lipinski definition) is 5. The van der Waals surface area contributed by atoms with Crippen LogP contribution < -0.4 is 15.2 Å². The highest BCUT2D eigenvalue weighted by Gasteiger charge is 2.21. The highest BCUT2D eigenvalue weighted by molar-refractivity contribution is 6.30. The monoisotopic (exact) mass is 452 g/mol. The normalized spacial score (nSPS) is 13.8. The zero-order valence-corrected chi connectivity index (χ0v) is 18.7. The summed E-state index contributed by atoms with van der Waals surface area (Å²) in [6.07, 6.45) is 0.232. The Morgan fingerprint density at radius 1 is 1.03 bits per heavy atom. The van der Waals surface area contributed by atoms with Crippen LogP contribution in [0.4, 0.5) is 5.69 Å². The van der Waals surface area contributed by atoms with Gasteiger partial charge in [0.2, 0.25) is 5.91 Å². The number of methoxy groups -OCH3 is 1. The second-order valence-corrected chi connectivity index (χ2v) is 8.04. The van der Waals surface area contributed by atoms with Crippen molar-refractivity contribution < 1.29 is 9.53 Å². The van der Waals surface area contributed by atoms with Gasteiger partial charge in [0.1, 0.15) is 5.75 Å². The fourth-order valence-corrected chi connectivity index (χ4v) is 3.89. The number of rotatable bonds is 6. The van der Waals surface area contributed by atoms with Crippen molar-refractivity contribution >= 4 is 23.2 Å². The summed E-state index contributed by atoms with van der Waals surface area (Å²) < 4.78 is 6.66. The molecule has 2 heterocycles. The molecule has 0 N–H and O–H groups in total. The lowest BCUT2D eigenvalue weighted by Gasteiger charge is -2.36. The van der Waals surface area contributed by atoms with Gasteiger partial charge in [-0.1, -0.05) is 29.8 Å². The third kappa shape index (κ3) is 5.11. The molecule has 8 heteroatoms. The van der Waals surface area contributed by atoms with Crippen molar-refractivity contribution in [1.82, 2.24) is 14.7 Å². The van der Waals surface area contributed by atoms with Crippen molar-refractivity contribution in [3.05, 3.63) is 76.0 Å². The van der Waals surface area contributed by atoms with Gasteiger partial charge in [-0.3, -0.25) is 9.59 Å². The van der Waals surface area contributed by atoms with Crippen molar-refractivity contribution in [3.63, 3.8) is 0 Å². The van der Waals surface area contributed by atoms with Crippen LogP contribution in [0.1, 0.15) is 6.42 Å². The number of hydrogen-bond donors (Lipinski definition) is 0. The third-order valence-corrected chi connectivity index (χ3v) is 5.85. The van der Waals surface area contributed by atoms with E-state index in [1.165, 1.54) is 10.7 Å². The van der Waals surface area contributed by atoms with E-state index in [0.717, 1.165) is 30.1 Å². The molecule has 3 aromatic rings. The molecule has 0 aliphatic carbocycles. The highest BCUT2D eigenvalue weighted by atomic mass is 35.5. The lowest BCUT2D eigenvalue weighted by molar-refractivity contribution is -0.131. The Hall–Kier alpha value is -3.32. The Balaban J connectivity index is 1.34. The number of aromatic nitrogens is 2. The minimum absolute atomic E-state index is 0.0286. The molecule has 1 fully saturated rings. The highest BCUT2D eigenvalue weighted by Crippen LogP contribution is 2.22. The van der Waals surface area contributed by atoms with Crippen molar-refractivity contribution in [2.45, 2.75) is 13.0 Å². The van der Waals surface area contributed by atoms with Gasteiger partial charge in [0, 0.05) is 61.0 Å². The average molecular weight is 453 g/mol. The van der Waals surface area contributed by atoms with E-state index in [9.17, 15) is 9.59 Å². The van der Waals surface area contributed by atoms with Gasteiger partial charge in [0.05, 0.1) is 19.3 Å². The summed E-state index contributed by atoms with van der Waals surface area (Å²) in [6.45, 7) is 3.04. The largest absolute Gasteiger partial charge is 0.497 e. The van der Waals surface area contributed by atoms with E-state index in [-0.39, 0.29) is 24.4 Å². The van der Waals surface area contributed by atoms with Gasteiger partial charge in [-0.25, -0.2) is 4.68 Å².